The van der Waals surface area contributed by atoms with E-state index in [0.29, 0.717) is 83.3 Å². The number of rotatable bonds is 14. The van der Waals surface area contributed by atoms with Crippen molar-refractivity contribution in [3.8, 4) is 22.1 Å². The second-order valence-corrected chi connectivity index (χ2v) is 16.6. The van der Waals surface area contributed by atoms with Gasteiger partial charge in [-0.3, -0.25) is 19.7 Å². The Bertz CT molecular complexity index is 2190. The molecule has 7 rings (SSSR count). The number of nitrogens with zero attached hydrogens (tertiary/aromatic N) is 2. The molecule has 0 bridgehead atoms. The lowest BCUT2D eigenvalue weighted by molar-refractivity contribution is -0.384. The molecule has 0 radical (unpaired) electrons. The third-order valence-electron chi connectivity index (χ3n) is 11.2. The van der Waals surface area contributed by atoms with E-state index in [-0.39, 0.29) is 41.3 Å². The number of aryl methyl sites for hydroxylation is 2. The Hall–Kier alpha value is -5.95. The standard InChI is InChI=1S/C47H48N2O10S/c1-3-5-29-7-11-32(12-8-29)44(50)56-37-23-17-34(18-24-37)46(52)58-39-27-28-40(42-41(39)48-43(60-42)31-15-21-36(22-16-31)49(54)55)59-47(53)35-19-25-38(26-20-35)57-45(51)33-13-9-30(6-4-2)10-14-33/h7-16,21-22,27-28,34-35,37-38H,3-6,17-20,23-26H2,1-2H3. The molecule has 0 N–H and O–H groups in total. The molecule has 0 atom stereocenters. The van der Waals surface area contributed by atoms with Crippen LogP contribution in [0.5, 0.6) is 11.5 Å². The predicted octanol–water partition coefficient (Wildman–Crippen LogP) is 10.4. The number of aromatic nitrogens is 1. The van der Waals surface area contributed by atoms with Gasteiger partial charge >= 0.3 is 23.9 Å². The van der Waals surface area contributed by atoms with Crippen molar-refractivity contribution in [3.63, 3.8) is 0 Å². The van der Waals surface area contributed by atoms with E-state index in [2.05, 4.69) is 13.8 Å². The fraction of sp³-hybridized carbons (Fsp3) is 0.383. The summed E-state index contributed by atoms with van der Waals surface area (Å²) in [5.41, 5.74) is 4.19. The van der Waals surface area contributed by atoms with Gasteiger partial charge in [0, 0.05) is 17.7 Å². The average molecular weight is 833 g/mol. The number of benzene rings is 4. The molecule has 1 heterocycles. The summed E-state index contributed by atoms with van der Waals surface area (Å²) in [4.78, 5) is 68.4. The van der Waals surface area contributed by atoms with Crippen molar-refractivity contribution in [3.05, 3.63) is 117 Å². The first-order valence-corrected chi connectivity index (χ1v) is 21.6. The maximum absolute atomic E-state index is 13.6. The molecule has 0 amide bonds. The summed E-state index contributed by atoms with van der Waals surface area (Å²) in [6.07, 6.45) is 7.31. The van der Waals surface area contributed by atoms with Gasteiger partial charge in [0.25, 0.3) is 5.69 Å². The van der Waals surface area contributed by atoms with Gasteiger partial charge in [-0.05, 0) is 124 Å². The van der Waals surface area contributed by atoms with Gasteiger partial charge in [-0.15, -0.1) is 11.3 Å². The van der Waals surface area contributed by atoms with E-state index in [1.807, 2.05) is 24.3 Å². The van der Waals surface area contributed by atoms with Crippen LogP contribution in [0.4, 0.5) is 5.69 Å². The molecule has 2 saturated carbocycles. The smallest absolute Gasteiger partial charge is 0.338 e. The Morgan fingerprint density at radius 2 is 1.08 bits per heavy atom. The Morgan fingerprint density at radius 1 is 0.633 bits per heavy atom. The second kappa shape index (κ2) is 19.4. The largest absolute Gasteiger partial charge is 0.459 e. The van der Waals surface area contributed by atoms with Crippen LogP contribution in [0.1, 0.15) is 110 Å². The molecule has 0 aliphatic heterocycles. The Kier molecular flexibility index (Phi) is 13.6. The first-order valence-electron chi connectivity index (χ1n) is 20.8. The van der Waals surface area contributed by atoms with Crippen LogP contribution in [0.25, 0.3) is 20.8 Å². The molecular formula is C47H48N2O10S. The summed E-state index contributed by atoms with van der Waals surface area (Å²) in [5.74, 6) is -2.00. The number of nitro groups is 1. The summed E-state index contributed by atoms with van der Waals surface area (Å²) in [6.45, 7) is 4.21. The van der Waals surface area contributed by atoms with E-state index in [9.17, 15) is 29.3 Å². The van der Waals surface area contributed by atoms with E-state index >= 15 is 0 Å². The maximum atomic E-state index is 13.6. The van der Waals surface area contributed by atoms with Crippen molar-refractivity contribution in [2.45, 2.75) is 103 Å². The van der Waals surface area contributed by atoms with Gasteiger partial charge in [0.1, 0.15) is 27.4 Å². The van der Waals surface area contributed by atoms with Crippen LogP contribution in [0.2, 0.25) is 0 Å². The highest BCUT2D eigenvalue weighted by molar-refractivity contribution is 7.22. The minimum atomic E-state index is -0.482. The van der Waals surface area contributed by atoms with Crippen molar-refractivity contribution in [1.29, 1.82) is 0 Å². The normalized spacial score (nSPS) is 19.0. The number of fused-ring (bicyclic) bond motifs is 1. The SMILES string of the molecule is CCCc1ccc(C(=O)OC2CCC(C(=O)Oc3ccc(OC(=O)C4CCC(OC(=O)c5ccc(CCC)cc5)CC4)c4sc(-c5ccc([N+](=O)[O-])cc5)nc34)CC2)cc1. The molecule has 0 saturated heterocycles. The first-order chi connectivity index (χ1) is 29.1. The van der Waals surface area contributed by atoms with Crippen molar-refractivity contribution in [1.82, 2.24) is 4.98 Å². The van der Waals surface area contributed by atoms with Gasteiger partial charge in [-0.2, -0.15) is 0 Å². The minimum absolute atomic E-state index is 0.0693. The first kappa shape index (κ1) is 42.2. The number of hydrogen-bond donors (Lipinski definition) is 0. The average Bonchev–Trinajstić information content (AvgIpc) is 3.72. The molecule has 60 heavy (non-hydrogen) atoms. The number of ether oxygens (including phenoxy) is 4. The molecule has 2 aliphatic carbocycles. The molecular weight excluding hydrogens is 785 g/mol. The predicted molar refractivity (Wildman–Crippen MR) is 226 cm³/mol. The van der Waals surface area contributed by atoms with Crippen molar-refractivity contribution in [2.24, 2.45) is 11.8 Å². The number of carbonyl (C=O) groups excluding carboxylic acids is 4. The van der Waals surface area contributed by atoms with Crippen molar-refractivity contribution < 1.29 is 43.0 Å². The number of hydrogen-bond acceptors (Lipinski definition) is 12. The zero-order valence-corrected chi connectivity index (χ0v) is 34.6. The highest BCUT2D eigenvalue weighted by Gasteiger charge is 2.33. The zero-order chi connectivity index (χ0) is 42.2. The third-order valence-corrected chi connectivity index (χ3v) is 12.4. The lowest BCUT2D eigenvalue weighted by atomic mass is 9.87. The fourth-order valence-electron chi connectivity index (χ4n) is 7.82. The molecule has 5 aromatic rings. The number of thiazole rings is 1. The van der Waals surface area contributed by atoms with E-state index in [4.69, 9.17) is 23.9 Å². The van der Waals surface area contributed by atoms with Gasteiger partial charge in [0.2, 0.25) is 0 Å². The molecule has 0 spiro atoms. The number of nitro benzene ring substituents is 1. The zero-order valence-electron chi connectivity index (χ0n) is 33.8. The fourth-order valence-corrected chi connectivity index (χ4v) is 8.86. The molecule has 2 fully saturated rings. The number of non-ortho nitro benzene ring substituents is 1. The third kappa shape index (κ3) is 10.2. The highest BCUT2D eigenvalue weighted by atomic mass is 32.1. The quantitative estimate of drug-likeness (QED) is 0.0453. The van der Waals surface area contributed by atoms with E-state index in [0.717, 1.165) is 25.7 Å². The number of carbonyl (C=O) groups is 4. The van der Waals surface area contributed by atoms with Crippen molar-refractivity contribution in [2.75, 3.05) is 0 Å². The molecule has 312 valence electrons. The van der Waals surface area contributed by atoms with Crippen molar-refractivity contribution >= 4 is 51.1 Å². The maximum Gasteiger partial charge on any atom is 0.338 e. The van der Waals surface area contributed by atoms with E-state index in [1.54, 1.807) is 48.5 Å². The van der Waals surface area contributed by atoms with Crippen LogP contribution in [0.15, 0.2) is 84.9 Å². The molecule has 4 aromatic carbocycles. The Labute approximate surface area is 352 Å². The van der Waals surface area contributed by atoms with Crippen LogP contribution >= 0.6 is 11.3 Å². The van der Waals surface area contributed by atoms with Crippen LogP contribution < -0.4 is 9.47 Å². The van der Waals surface area contributed by atoms with Gasteiger partial charge < -0.3 is 18.9 Å². The van der Waals surface area contributed by atoms with Crippen LogP contribution in [-0.4, -0.2) is 46.0 Å². The summed E-state index contributed by atoms with van der Waals surface area (Å²) in [6, 6.07) is 24.0. The second-order valence-electron chi connectivity index (χ2n) is 15.6. The summed E-state index contributed by atoms with van der Waals surface area (Å²) in [5, 5.41) is 11.8. The molecule has 0 unspecified atom stereocenters. The molecule has 12 nitrogen and oxygen atoms in total. The van der Waals surface area contributed by atoms with Gasteiger partial charge in [0.15, 0.2) is 11.5 Å². The molecule has 1 aromatic heterocycles. The van der Waals surface area contributed by atoms with Gasteiger partial charge in [-0.1, -0.05) is 51.0 Å². The Morgan fingerprint density at radius 3 is 1.53 bits per heavy atom. The minimum Gasteiger partial charge on any atom is -0.459 e. The van der Waals surface area contributed by atoms with Crippen LogP contribution in [-0.2, 0) is 31.9 Å². The van der Waals surface area contributed by atoms with Crippen LogP contribution in [0, 0.1) is 22.0 Å². The Balaban J connectivity index is 0.997. The monoisotopic (exact) mass is 832 g/mol. The molecule has 13 heteroatoms. The summed E-state index contributed by atoms with van der Waals surface area (Å²) < 4.78 is 24.0. The topological polar surface area (TPSA) is 161 Å². The lowest BCUT2D eigenvalue weighted by Crippen LogP contribution is -2.30. The van der Waals surface area contributed by atoms with Gasteiger partial charge in [0.05, 0.1) is 27.9 Å². The highest BCUT2D eigenvalue weighted by Crippen LogP contribution is 2.42. The van der Waals surface area contributed by atoms with E-state index in [1.165, 1.54) is 34.6 Å². The van der Waals surface area contributed by atoms with Crippen LogP contribution in [0.3, 0.4) is 0 Å². The van der Waals surface area contributed by atoms with Gasteiger partial charge in [-0.25, -0.2) is 14.6 Å². The van der Waals surface area contributed by atoms with E-state index < -0.39 is 28.7 Å². The summed E-state index contributed by atoms with van der Waals surface area (Å²) in [7, 11) is 0. The summed E-state index contributed by atoms with van der Waals surface area (Å²) >= 11 is 1.22. The lowest BCUT2D eigenvalue weighted by Gasteiger charge is -2.27. The number of esters is 4. The molecule has 2 aliphatic rings.